The Morgan fingerprint density at radius 1 is 1.18 bits per heavy atom. The van der Waals surface area contributed by atoms with Gasteiger partial charge in [-0.3, -0.25) is 14.5 Å². The Morgan fingerprint density at radius 3 is 2.41 bits per heavy atom. The smallest absolute Gasteiger partial charge is 0.258 e. The summed E-state index contributed by atoms with van der Waals surface area (Å²) in [6, 6.07) is 0.0586. The van der Waals surface area contributed by atoms with E-state index in [2.05, 4.69) is 12.2 Å². The Hall–Kier alpha value is -0.940. The minimum Gasteiger partial charge on any atom is -0.355 e. The lowest BCUT2D eigenvalue weighted by Gasteiger charge is -2.41. The highest BCUT2D eigenvalue weighted by atomic mass is 16.5. The highest BCUT2D eigenvalue weighted by Gasteiger charge is 2.49. The van der Waals surface area contributed by atoms with Crippen molar-refractivity contribution < 1.29 is 14.3 Å². The normalized spacial score (nSPS) is 42.1. The Morgan fingerprint density at radius 2 is 1.82 bits per heavy atom. The second-order valence-corrected chi connectivity index (χ2v) is 5.27. The number of carbonyl (C=O) groups excluding carboxylic acids is 2. The maximum absolute atomic E-state index is 12.2. The Bertz CT molecular complexity index is 336. The third-order valence-corrected chi connectivity index (χ3v) is 4.12. The van der Waals surface area contributed by atoms with Gasteiger partial charge in [-0.2, -0.15) is 0 Å². The van der Waals surface area contributed by atoms with Gasteiger partial charge in [-0.25, -0.2) is 0 Å². The molecule has 0 aromatic heterocycles. The summed E-state index contributed by atoms with van der Waals surface area (Å²) in [4.78, 5) is 25.9. The molecule has 1 N–H and O–H groups in total. The van der Waals surface area contributed by atoms with Gasteiger partial charge >= 0.3 is 0 Å². The van der Waals surface area contributed by atoms with Gasteiger partial charge < -0.3 is 10.1 Å². The summed E-state index contributed by atoms with van der Waals surface area (Å²) in [5.74, 6) is 0.110. The fourth-order valence-electron chi connectivity index (χ4n) is 3.13. The van der Waals surface area contributed by atoms with Crippen LogP contribution in [0.1, 0.15) is 26.2 Å². The van der Waals surface area contributed by atoms with Gasteiger partial charge in [0.05, 0.1) is 0 Å². The number of morpholine rings is 1. The summed E-state index contributed by atoms with van der Waals surface area (Å²) in [7, 11) is 0. The molecule has 3 aliphatic heterocycles. The van der Waals surface area contributed by atoms with Gasteiger partial charge in [0.1, 0.15) is 12.2 Å². The van der Waals surface area contributed by atoms with Crippen molar-refractivity contribution in [1.29, 1.82) is 0 Å². The number of nitrogens with zero attached hydrogens (tertiary/aromatic N) is 1. The summed E-state index contributed by atoms with van der Waals surface area (Å²) >= 11 is 0. The SMILES string of the molecule is CC1CNCCC1N1C(=O)C2CCC(O2)C1=O. The number of rotatable bonds is 1. The number of imide groups is 1. The molecule has 94 valence electrons. The number of nitrogens with one attached hydrogen (secondary N) is 1. The van der Waals surface area contributed by atoms with Crippen molar-refractivity contribution in [3.05, 3.63) is 0 Å². The fraction of sp³-hybridized carbons (Fsp3) is 0.833. The van der Waals surface area contributed by atoms with Crippen molar-refractivity contribution in [2.45, 2.75) is 44.4 Å². The summed E-state index contributed by atoms with van der Waals surface area (Å²) in [5, 5.41) is 3.29. The molecule has 3 aliphatic rings. The summed E-state index contributed by atoms with van der Waals surface area (Å²) in [6.45, 7) is 3.84. The summed E-state index contributed by atoms with van der Waals surface area (Å²) < 4.78 is 5.42. The second kappa shape index (κ2) is 4.07. The zero-order chi connectivity index (χ0) is 12.0. The number of ether oxygens (including phenoxy) is 1. The van der Waals surface area contributed by atoms with Crippen LogP contribution in [0.15, 0.2) is 0 Å². The van der Waals surface area contributed by atoms with E-state index >= 15 is 0 Å². The molecule has 2 bridgehead atoms. The maximum Gasteiger partial charge on any atom is 0.258 e. The maximum atomic E-state index is 12.2. The van der Waals surface area contributed by atoms with Gasteiger partial charge in [0.15, 0.2) is 0 Å². The molecular weight excluding hydrogens is 220 g/mol. The van der Waals surface area contributed by atoms with Crippen LogP contribution in [0.4, 0.5) is 0 Å². The zero-order valence-electron chi connectivity index (χ0n) is 10.0. The van der Waals surface area contributed by atoms with Crippen LogP contribution in [0, 0.1) is 5.92 Å². The van der Waals surface area contributed by atoms with Crippen molar-refractivity contribution >= 4 is 11.8 Å². The number of piperidine rings is 1. The zero-order valence-corrected chi connectivity index (χ0v) is 10.0. The number of hydrogen-bond acceptors (Lipinski definition) is 4. The molecular formula is C12H18N2O3. The second-order valence-electron chi connectivity index (χ2n) is 5.27. The highest BCUT2D eigenvalue weighted by Crippen LogP contribution is 2.32. The molecule has 3 fully saturated rings. The first-order valence-corrected chi connectivity index (χ1v) is 6.41. The molecule has 3 heterocycles. The molecule has 3 rings (SSSR count). The largest absolute Gasteiger partial charge is 0.355 e. The fourth-order valence-corrected chi connectivity index (χ4v) is 3.13. The van der Waals surface area contributed by atoms with Gasteiger partial charge in [0, 0.05) is 6.04 Å². The van der Waals surface area contributed by atoms with Gasteiger partial charge in [0.2, 0.25) is 0 Å². The first-order chi connectivity index (χ1) is 8.18. The summed E-state index contributed by atoms with van der Waals surface area (Å²) in [5.41, 5.74) is 0. The molecule has 4 atom stereocenters. The third kappa shape index (κ3) is 1.68. The third-order valence-electron chi connectivity index (χ3n) is 4.12. The molecule has 5 nitrogen and oxygen atoms in total. The Labute approximate surface area is 100 Å². The lowest BCUT2D eigenvalue weighted by Crippen LogP contribution is -2.60. The molecule has 0 aromatic carbocycles. The van der Waals surface area contributed by atoms with Crippen molar-refractivity contribution in [2.75, 3.05) is 13.1 Å². The van der Waals surface area contributed by atoms with Crippen molar-refractivity contribution in [3.8, 4) is 0 Å². The standard InChI is InChI=1S/C12H18N2O3/c1-7-6-13-5-4-8(7)14-11(15)9-2-3-10(17-9)12(14)16/h7-10,13H,2-6H2,1H3. The number of likely N-dealkylation sites (tertiary alicyclic amines) is 1. The van der Waals surface area contributed by atoms with Crippen LogP contribution in [0.2, 0.25) is 0 Å². The highest BCUT2D eigenvalue weighted by molar-refractivity contribution is 6.02. The van der Waals surface area contributed by atoms with Gasteiger partial charge in [-0.15, -0.1) is 0 Å². The van der Waals surface area contributed by atoms with E-state index in [1.807, 2.05) is 0 Å². The number of amides is 2. The molecule has 5 heteroatoms. The van der Waals surface area contributed by atoms with Crippen molar-refractivity contribution in [2.24, 2.45) is 5.92 Å². The average Bonchev–Trinajstić information content (AvgIpc) is 2.76. The first-order valence-electron chi connectivity index (χ1n) is 6.41. The van der Waals surface area contributed by atoms with E-state index in [1.54, 1.807) is 0 Å². The molecule has 2 amide bonds. The number of hydrogen-bond donors (Lipinski definition) is 1. The van der Waals surface area contributed by atoms with Crippen LogP contribution in [0.3, 0.4) is 0 Å². The van der Waals surface area contributed by atoms with E-state index in [0.717, 1.165) is 19.5 Å². The van der Waals surface area contributed by atoms with Crippen molar-refractivity contribution in [3.63, 3.8) is 0 Å². The van der Waals surface area contributed by atoms with Crippen LogP contribution < -0.4 is 5.32 Å². The van der Waals surface area contributed by atoms with Gasteiger partial charge in [0.25, 0.3) is 11.8 Å². The predicted octanol–water partition coefficient (Wildman–Crippen LogP) is -0.0992. The average molecular weight is 238 g/mol. The van der Waals surface area contributed by atoms with Crippen LogP contribution in [-0.2, 0) is 14.3 Å². The van der Waals surface area contributed by atoms with E-state index in [4.69, 9.17) is 4.74 Å². The van der Waals surface area contributed by atoms with Gasteiger partial charge in [-0.05, 0) is 38.3 Å². The molecule has 4 unspecified atom stereocenters. The predicted molar refractivity (Wildman–Crippen MR) is 60.2 cm³/mol. The lowest BCUT2D eigenvalue weighted by atomic mass is 9.93. The van der Waals surface area contributed by atoms with Crippen LogP contribution >= 0.6 is 0 Å². The first kappa shape index (κ1) is 11.2. The molecule has 17 heavy (non-hydrogen) atoms. The minimum atomic E-state index is -0.361. The van der Waals surface area contributed by atoms with Gasteiger partial charge in [-0.1, -0.05) is 6.92 Å². The lowest BCUT2D eigenvalue weighted by molar-refractivity contribution is -0.173. The molecule has 0 aromatic rings. The molecule has 3 saturated heterocycles. The summed E-state index contributed by atoms with van der Waals surface area (Å²) in [6.07, 6.45) is 1.54. The Balaban J connectivity index is 1.85. The van der Waals surface area contributed by atoms with Crippen LogP contribution in [-0.4, -0.2) is 48.1 Å². The van der Waals surface area contributed by atoms with Crippen LogP contribution in [0.5, 0.6) is 0 Å². The topological polar surface area (TPSA) is 58.6 Å². The van der Waals surface area contributed by atoms with E-state index in [-0.39, 0.29) is 30.1 Å². The molecule has 0 saturated carbocycles. The quantitative estimate of drug-likeness (QED) is 0.648. The molecule has 0 aliphatic carbocycles. The number of carbonyl (C=O) groups is 2. The monoisotopic (exact) mass is 238 g/mol. The van der Waals surface area contributed by atoms with Crippen molar-refractivity contribution in [1.82, 2.24) is 10.2 Å². The van der Waals surface area contributed by atoms with E-state index < -0.39 is 0 Å². The minimum absolute atomic E-state index is 0.0586. The molecule has 0 spiro atoms. The van der Waals surface area contributed by atoms with E-state index in [1.165, 1.54) is 4.90 Å². The van der Waals surface area contributed by atoms with Crippen LogP contribution in [0.25, 0.3) is 0 Å². The Kier molecular flexibility index (Phi) is 2.67. The number of fused-ring (bicyclic) bond motifs is 2. The van der Waals surface area contributed by atoms with E-state index in [9.17, 15) is 9.59 Å². The van der Waals surface area contributed by atoms with E-state index in [0.29, 0.717) is 18.8 Å². The molecule has 0 radical (unpaired) electrons.